The first-order valence-corrected chi connectivity index (χ1v) is 7.86. The number of ether oxygens (including phenoxy) is 3. The van der Waals surface area contributed by atoms with E-state index < -0.39 is 6.10 Å². The van der Waals surface area contributed by atoms with Crippen molar-refractivity contribution in [1.82, 2.24) is 4.98 Å². The van der Waals surface area contributed by atoms with Gasteiger partial charge in [0.2, 0.25) is 5.88 Å². The van der Waals surface area contributed by atoms with Gasteiger partial charge in [-0.2, -0.15) is 0 Å². The molecule has 1 amide bonds. The molecule has 0 saturated carbocycles. The second kappa shape index (κ2) is 7.90. The molecule has 0 radical (unpaired) electrons. The minimum atomic E-state index is -0.590. The number of hydrogen-bond acceptors (Lipinski definition) is 5. The van der Waals surface area contributed by atoms with E-state index in [1.807, 2.05) is 24.3 Å². The number of pyridine rings is 1. The summed E-state index contributed by atoms with van der Waals surface area (Å²) in [5.41, 5.74) is 2.68. The molecule has 6 nitrogen and oxygen atoms in total. The number of amides is 1. The number of methoxy groups -OCH3 is 1. The minimum absolute atomic E-state index is 0.197. The molecule has 1 aliphatic rings. The normalized spacial score (nSPS) is 16.3. The molecular formula is C18H20N2O4. The predicted octanol–water partition coefficient (Wildman–Crippen LogP) is 2.36. The molecule has 1 N–H and O–H groups in total. The molecule has 1 aromatic carbocycles. The van der Waals surface area contributed by atoms with Crippen LogP contribution in [0.4, 0.5) is 5.69 Å². The van der Waals surface area contributed by atoms with E-state index in [4.69, 9.17) is 14.2 Å². The van der Waals surface area contributed by atoms with Crippen molar-refractivity contribution in [2.75, 3.05) is 32.2 Å². The van der Waals surface area contributed by atoms with Crippen LogP contribution in [0.25, 0.3) is 0 Å². The van der Waals surface area contributed by atoms with Gasteiger partial charge in [0.1, 0.15) is 6.61 Å². The van der Waals surface area contributed by atoms with Crippen LogP contribution in [0, 0.1) is 0 Å². The zero-order valence-corrected chi connectivity index (χ0v) is 13.5. The standard InChI is InChI=1S/C18H20N2O4/c1-22-10-11-23-16-7-6-14(12-19-16)20-18(21)17-15-5-3-2-4-13(15)8-9-24-17/h2-7,12,17H,8-11H2,1H3,(H,20,21)/t17-/m0/s1. The summed E-state index contributed by atoms with van der Waals surface area (Å²) in [7, 11) is 1.61. The van der Waals surface area contributed by atoms with E-state index in [1.54, 1.807) is 25.4 Å². The Morgan fingerprint density at radius 2 is 2.17 bits per heavy atom. The SMILES string of the molecule is COCCOc1ccc(NC(=O)[C@H]2OCCc3ccccc32)cn1. The molecule has 0 spiro atoms. The highest BCUT2D eigenvalue weighted by atomic mass is 16.5. The molecule has 24 heavy (non-hydrogen) atoms. The van der Waals surface area contributed by atoms with Crippen LogP contribution in [0.2, 0.25) is 0 Å². The van der Waals surface area contributed by atoms with E-state index in [0.29, 0.717) is 31.4 Å². The van der Waals surface area contributed by atoms with Crippen LogP contribution in [0.5, 0.6) is 5.88 Å². The van der Waals surface area contributed by atoms with E-state index in [1.165, 1.54) is 0 Å². The molecule has 0 fully saturated rings. The first-order chi connectivity index (χ1) is 11.8. The molecule has 126 valence electrons. The third kappa shape index (κ3) is 3.90. The average Bonchev–Trinajstić information content (AvgIpc) is 2.63. The number of carbonyl (C=O) groups excluding carboxylic acids is 1. The zero-order chi connectivity index (χ0) is 16.8. The summed E-state index contributed by atoms with van der Waals surface area (Å²) in [6.45, 7) is 1.47. The Morgan fingerprint density at radius 1 is 1.29 bits per heavy atom. The van der Waals surface area contributed by atoms with Gasteiger partial charge in [0.25, 0.3) is 5.91 Å². The Kier molecular flexibility index (Phi) is 5.40. The molecule has 1 atom stereocenters. The number of rotatable bonds is 6. The highest BCUT2D eigenvalue weighted by molar-refractivity contribution is 5.95. The van der Waals surface area contributed by atoms with Crippen molar-refractivity contribution < 1.29 is 19.0 Å². The summed E-state index contributed by atoms with van der Waals surface area (Å²) in [5, 5.41) is 2.84. The molecule has 1 aliphatic heterocycles. The van der Waals surface area contributed by atoms with Crippen LogP contribution >= 0.6 is 0 Å². The average molecular weight is 328 g/mol. The van der Waals surface area contributed by atoms with Crippen LogP contribution in [-0.2, 0) is 20.7 Å². The van der Waals surface area contributed by atoms with Crippen molar-refractivity contribution >= 4 is 11.6 Å². The quantitative estimate of drug-likeness (QED) is 0.825. The van der Waals surface area contributed by atoms with Crippen LogP contribution in [0.15, 0.2) is 42.6 Å². The fraction of sp³-hybridized carbons (Fsp3) is 0.333. The van der Waals surface area contributed by atoms with Crippen LogP contribution < -0.4 is 10.1 Å². The van der Waals surface area contributed by atoms with Crippen molar-refractivity contribution in [2.24, 2.45) is 0 Å². The molecule has 1 aromatic heterocycles. The van der Waals surface area contributed by atoms with E-state index in [-0.39, 0.29) is 5.91 Å². The second-order valence-electron chi connectivity index (χ2n) is 5.42. The summed E-state index contributed by atoms with van der Waals surface area (Å²) < 4.78 is 16.0. The summed E-state index contributed by atoms with van der Waals surface area (Å²) in [4.78, 5) is 16.7. The monoisotopic (exact) mass is 328 g/mol. The van der Waals surface area contributed by atoms with Crippen molar-refractivity contribution in [3.8, 4) is 5.88 Å². The number of fused-ring (bicyclic) bond motifs is 1. The highest BCUT2D eigenvalue weighted by Crippen LogP contribution is 2.28. The van der Waals surface area contributed by atoms with Crippen LogP contribution in [-0.4, -0.2) is 37.8 Å². The molecule has 2 aromatic rings. The lowest BCUT2D eigenvalue weighted by atomic mass is 9.97. The van der Waals surface area contributed by atoms with E-state index >= 15 is 0 Å². The van der Waals surface area contributed by atoms with Crippen molar-refractivity contribution in [1.29, 1.82) is 0 Å². The first kappa shape index (κ1) is 16.4. The Morgan fingerprint density at radius 3 is 2.96 bits per heavy atom. The van der Waals surface area contributed by atoms with Gasteiger partial charge < -0.3 is 19.5 Å². The lowest BCUT2D eigenvalue weighted by molar-refractivity contribution is -0.128. The summed E-state index contributed by atoms with van der Waals surface area (Å²) in [5.74, 6) is 0.293. The highest BCUT2D eigenvalue weighted by Gasteiger charge is 2.27. The van der Waals surface area contributed by atoms with Gasteiger partial charge >= 0.3 is 0 Å². The van der Waals surface area contributed by atoms with E-state index in [2.05, 4.69) is 10.3 Å². The maximum Gasteiger partial charge on any atom is 0.258 e. The van der Waals surface area contributed by atoms with Gasteiger partial charge in [0, 0.05) is 13.2 Å². The number of nitrogens with zero attached hydrogens (tertiary/aromatic N) is 1. The third-order valence-corrected chi connectivity index (χ3v) is 3.77. The molecular weight excluding hydrogens is 308 g/mol. The summed E-state index contributed by atoms with van der Waals surface area (Å²) in [6, 6.07) is 11.3. The van der Waals surface area contributed by atoms with Gasteiger partial charge in [-0.15, -0.1) is 0 Å². The fourth-order valence-corrected chi connectivity index (χ4v) is 2.59. The number of benzene rings is 1. The van der Waals surface area contributed by atoms with Gasteiger partial charge in [-0.05, 0) is 23.6 Å². The molecule has 6 heteroatoms. The van der Waals surface area contributed by atoms with Crippen molar-refractivity contribution in [3.63, 3.8) is 0 Å². The zero-order valence-electron chi connectivity index (χ0n) is 13.5. The van der Waals surface area contributed by atoms with Crippen molar-refractivity contribution in [2.45, 2.75) is 12.5 Å². The van der Waals surface area contributed by atoms with Crippen molar-refractivity contribution in [3.05, 3.63) is 53.7 Å². The van der Waals surface area contributed by atoms with Gasteiger partial charge in [-0.1, -0.05) is 24.3 Å². The second-order valence-corrected chi connectivity index (χ2v) is 5.42. The van der Waals surface area contributed by atoms with Gasteiger partial charge in [-0.25, -0.2) is 4.98 Å². The lowest BCUT2D eigenvalue weighted by Gasteiger charge is -2.25. The van der Waals surface area contributed by atoms with Gasteiger partial charge in [-0.3, -0.25) is 4.79 Å². The largest absolute Gasteiger partial charge is 0.475 e. The van der Waals surface area contributed by atoms with Gasteiger partial charge in [0.15, 0.2) is 6.10 Å². The number of nitrogens with one attached hydrogen (secondary N) is 1. The summed E-state index contributed by atoms with van der Waals surface area (Å²) in [6.07, 6.45) is 1.80. The molecule has 3 rings (SSSR count). The number of hydrogen-bond donors (Lipinski definition) is 1. The Labute approximate surface area is 140 Å². The smallest absolute Gasteiger partial charge is 0.258 e. The fourth-order valence-electron chi connectivity index (χ4n) is 2.59. The van der Waals surface area contributed by atoms with E-state index in [0.717, 1.165) is 17.5 Å². The molecule has 2 heterocycles. The number of carbonyl (C=O) groups is 1. The third-order valence-electron chi connectivity index (χ3n) is 3.77. The lowest BCUT2D eigenvalue weighted by Crippen LogP contribution is -2.28. The van der Waals surface area contributed by atoms with Crippen LogP contribution in [0.1, 0.15) is 17.2 Å². The maximum atomic E-state index is 12.5. The molecule has 0 bridgehead atoms. The Hall–Kier alpha value is -2.44. The molecule has 0 aliphatic carbocycles. The van der Waals surface area contributed by atoms with E-state index in [9.17, 15) is 4.79 Å². The minimum Gasteiger partial charge on any atom is -0.475 e. The Bertz CT molecular complexity index is 688. The summed E-state index contributed by atoms with van der Waals surface area (Å²) >= 11 is 0. The van der Waals surface area contributed by atoms with Gasteiger partial charge in [0.05, 0.1) is 25.1 Å². The molecule has 0 unspecified atom stereocenters. The van der Waals surface area contributed by atoms with Crippen LogP contribution in [0.3, 0.4) is 0 Å². The Balaban J connectivity index is 1.63. The predicted molar refractivity (Wildman–Crippen MR) is 89.1 cm³/mol. The number of aromatic nitrogens is 1. The molecule has 0 saturated heterocycles. The topological polar surface area (TPSA) is 69.7 Å². The number of anilines is 1. The first-order valence-electron chi connectivity index (χ1n) is 7.86. The maximum absolute atomic E-state index is 12.5.